The van der Waals surface area contributed by atoms with Gasteiger partial charge < -0.3 is 31.2 Å². The number of rotatable bonds is 9. The van der Waals surface area contributed by atoms with Gasteiger partial charge in [0.2, 0.25) is 0 Å². The smallest absolute Gasteiger partial charge is 0.407 e. The van der Waals surface area contributed by atoms with Crippen LogP contribution in [0.4, 0.5) is 26.8 Å². The van der Waals surface area contributed by atoms with E-state index in [1.54, 1.807) is 6.20 Å². The van der Waals surface area contributed by atoms with Gasteiger partial charge in [-0.25, -0.2) is 14.6 Å². The SMILES string of the molecule is CC(C)(C)OC(=O)NCCCOCc1ccc2c(N)ncc(-c3ccc(NC(=O)Nc4ccccc4)cc3)c2c1. The maximum Gasteiger partial charge on any atom is 0.407 e. The maximum atomic E-state index is 12.3. The molecular formula is C31H35N5O4. The number of aromatic nitrogens is 1. The Kier molecular flexibility index (Phi) is 9.19. The van der Waals surface area contributed by atoms with E-state index in [4.69, 9.17) is 15.2 Å². The molecule has 0 atom stereocenters. The zero-order valence-electron chi connectivity index (χ0n) is 23.0. The van der Waals surface area contributed by atoms with E-state index in [9.17, 15) is 9.59 Å². The number of carbonyl (C=O) groups is 2. The number of fused-ring (bicyclic) bond motifs is 1. The molecule has 40 heavy (non-hydrogen) atoms. The molecule has 5 N–H and O–H groups in total. The summed E-state index contributed by atoms with van der Waals surface area (Å²) in [5, 5.41) is 10.2. The molecule has 4 aromatic rings. The van der Waals surface area contributed by atoms with Crippen molar-refractivity contribution in [2.24, 2.45) is 0 Å². The first-order valence-corrected chi connectivity index (χ1v) is 13.1. The number of urea groups is 1. The lowest BCUT2D eigenvalue weighted by Crippen LogP contribution is -2.33. The highest BCUT2D eigenvalue weighted by atomic mass is 16.6. The zero-order valence-corrected chi connectivity index (χ0v) is 23.0. The minimum atomic E-state index is -0.521. The van der Waals surface area contributed by atoms with Gasteiger partial charge in [-0.15, -0.1) is 0 Å². The van der Waals surface area contributed by atoms with Crippen LogP contribution in [0.5, 0.6) is 0 Å². The number of anilines is 3. The Balaban J connectivity index is 1.36. The molecule has 3 amide bonds. The Morgan fingerprint density at radius 1 is 0.900 bits per heavy atom. The van der Waals surface area contributed by atoms with Crippen molar-refractivity contribution < 1.29 is 19.1 Å². The first kappa shape index (κ1) is 28.4. The Labute approximate surface area is 234 Å². The third-order valence-electron chi connectivity index (χ3n) is 5.87. The summed E-state index contributed by atoms with van der Waals surface area (Å²) in [5.41, 5.74) is 9.90. The van der Waals surface area contributed by atoms with Gasteiger partial charge in [-0.1, -0.05) is 42.5 Å². The van der Waals surface area contributed by atoms with Gasteiger partial charge in [0.05, 0.1) is 6.61 Å². The minimum Gasteiger partial charge on any atom is -0.444 e. The van der Waals surface area contributed by atoms with Crippen LogP contribution in [0.15, 0.2) is 79.0 Å². The van der Waals surface area contributed by atoms with Crippen LogP contribution in [0.1, 0.15) is 32.8 Å². The van der Waals surface area contributed by atoms with Crippen LogP contribution in [0.2, 0.25) is 0 Å². The number of carbonyl (C=O) groups excluding carboxylic acids is 2. The van der Waals surface area contributed by atoms with Crippen molar-refractivity contribution in [1.29, 1.82) is 0 Å². The van der Waals surface area contributed by atoms with Crippen LogP contribution >= 0.6 is 0 Å². The highest BCUT2D eigenvalue weighted by Crippen LogP contribution is 2.32. The summed E-state index contributed by atoms with van der Waals surface area (Å²) in [4.78, 5) is 28.5. The molecular weight excluding hydrogens is 506 g/mol. The molecule has 4 rings (SSSR count). The molecule has 0 saturated heterocycles. The van der Waals surface area contributed by atoms with E-state index in [0.29, 0.717) is 43.4 Å². The van der Waals surface area contributed by atoms with Crippen LogP contribution in [-0.4, -0.2) is 35.9 Å². The number of nitrogens with two attached hydrogens (primary N) is 1. The molecule has 0 radical (unpaired) electrons. The first-order valence-electron chi connectivity index (χ1n) is 13.1. The predicted octanol–water partition coefficient (Wildman–Crippen LogP) is 6.56. The molecule has 0 spiro atoms. The van der Waals surface area contributed by atoms with Gasteiger partial charge in [0.25, 0.3) is 0 Å². The highest BCUT2D eigenvalue weighted by Gasteiger charge is 2.15. The Morgan fingerprint density at radius 3 is 2.30 bits per heavy atom. The third-order valence-corrected chi connectivity index (χ3v) is 5.87. The highest BCUT2D eigenvalue weighted by molar-refractivity contribution is 6.02. The van der Waals surface area contributed by atoms with E-state index in [2.05, 4.69) is 27.0 Å². The molecule has 0 aliphatic carbocycles. The number of nitrogen functional groups attached to an aromatic ring is 1. The molecule has 0 aliphatic heterocycles. The van der Waals surface area contributed by atoms with Crippen molar-refractivity contribution in [3.05, 3.63) is 84.6 Å². The molecule has 1 aromatic heterocycles. The number of pyridine rings is 1. The van der Waals surface area contributed by atoms with Gasteiger partial charge in [0, 0.05) is 41.7 Å². The average molecular weight is 542 g/mol. The van der Waals surface area contributed by atoms with Gasteiger partial charge in [0.1, 0.15) is 11.4 Å². The van der Waals surface area contributed by atoms with Crippen molar-refractivity contribution in [2.45, 2.75) is 39.4 Å². The second kappa shape index (κ2) is 12.9. The van der Waals surface area contributed by atoms with E-state index < -0.39 is 11.7 Å². The number of nitrogens with one attached hydrogen (secondary N) is 3. The van der Waals surface area contributed by atoms with Gasteiger partial charge in [-0.2, -0.15) is 0 Å². The molecule has 0 saturated carbocycles. The summed E-state index contributed by atoms with van der Waals surface area (Å²) in [5.74, 6) is 0.454. The van der Waals surface area contributed by atoms with Crippen LogP contribution in [0, 0.1) is 0 Å². The van der Waals surface area contributed by atoms with Crippen molar-refractivity contribution in [3.63, 3.8) is 0 Å². The fourth-order valence-electron chi connectivity index (χ4n) is 4.05. The Morgan fingerprint density at radius 2 is 1.60 bits per heavy atom. The number of hydrogen-bond acceptors (Lipinski definition) is 6. The number of amides is 3. The fraction of sp³-hybridized carbons (Fsp3) is 0.258. The third kappa shape index (κ3) is 8.18. The van der Waals surface area contributed by atoms with E-state index in [-0.39, 0.29) is 6.03 Å². The molecule has 0 bridgehead atoms. The summed E-state index contributed by atoms with van der Waals surface area (Å²) in [6.45, 7) is 6.87. The monoisotopic (exact) mass is 541 g/mol. The maximum absolute atomic E-state index is 12.3. The number of nitrogens with zero attached hydrogens (tertiary/aromatic N) is 1. The standard InChI is InChI=1S/C31H35N5O4/c1-31(2,3)40-30(38)33-16-7-17-39-20-21-10-15-25-26(18-21)27(19-34-28(25)32)22-11-13-24(14-12-22)36-29(37)35-23-8-5-4-6-9-23/h4-6,8-15,18-19H,7,16-17,20H2,1-3H3,(H2,32,34)(H,33,38)(H2,35,36,37). The first-order chi connectivity index (χ1) is 19.2. The summed E-state index contributed by atoms with van der Waals surface area (Å²) in [7, 11) is 0. The second-order valence-corrected chi connectivity index (χ2v) is 10.3. The van der Waals surface area contributed by atoms with Crippen molar-refractivity contribution in [3.8, 4) is 11.1 Å². The quantitative estimate of drug-likeness (QED) is 0.178. The van der Waals surface area contributed by atoms with Crippen molar-refractivity contribution in [2.75, 3.05) is 29.5 Å². The molecule has 1 heterocycles. The van der Waals surface area contributed by atoms with Crippen LogP contribution in [0.3, 0.4) is 0 Å². The molecule has 0 fully saturated rings. The lowest BCUT2D eigenvalue weighted by atomic mass is 9.98. The van der Waals surface area contributed by atoms with Gasteiger partial charge in [0.15, 0.2) is 0 Å². The number of hydrogen-bond donors (Lipinski definition) is 4. The predicted molar refractivity (Wildman–Crippen MR) is 159 cm³/mol. The number of benzene rings is 3. The second-order valence-electron chi connectivity index (χ2n) is 10.3. The molecule has 9 heteroatoms. The van der Waals surface area contributed by atoms with Gasteiger partial charge >= 0.3 is 12.1 Å². The van der Waals surface area contributed by atoms with E-state index in [1.165, 1.54) is 0 Å². The average Bonchev–Trinajstić information content (AvgIpc) is 2.91. The molecule has 208 valence electrons. The summed E-state index contributed by atoms with van der Waals surface area (Å²) in [6.07, 6.45) is 1.99. The van der Waals surface area contributed by atoms with Crippen molar-refractivity contribution in [1.82, 2.24) is 10.3 Å². The van der Waals surface area contributed by atoms with Crippen LogP contribution in [0.25, 0.3) is 21.9 Å². The van der Waals surface area contributed by atoms with E-state index in [1.807, 2.05) is 87.5 Å². The lowest BCUT2D eigenvalue weighted by Gasteiger charge is -2.19. The minimum absolute atomic E-state index is 0.316. The summed E-state index contributed by atoms with van der Waals surface area (Å²) in [6, 6.07) is 22.5. The fourth-order valence-corrected chi connectivity index (χ4v) is 4.05. The molecule has 0 unspecified atom stereocenters. The van der Waals surface area contributed by atoms with Gasteiger partial charge in [-0.05, 0) is 74.0 Å². The lowest BCUT2D eigenvalue weighted by molar-refractivity contribution is 0.0518. The van der Waals surface area contributed by atoms with Crippen molar-refractivity contribution >= 4 is 40.1 Å². The largest absolute Gasteiger partial charge is 0.444 e. The number of ether oxygens (including phenoxy) is 2. The topological polar surface area (TPSA) is 128 Å². The molecule has 3 aromatic carbocycles. The van der Waals surface area contributed by atoms with E-state index >= 15 is 0 Å². The molecule has 0 aliphatic rings. The van der Waals surface area contributed by atoms with Crippen LogP contribution in [-0.2, 0) is 16.1 Å². The zero-order chi connectivity index (χ0) is 28.5. The van der Waals surface area contributed by atoms with Gasteiger partial charge in [-0.3, -0.25) is 0 Å². The summed E-state index contributed by atoms with van der Waals surface area (Å²) < 4.78 is 11.1. The normalized spacial score (nSPS) is 11.2. The Hall–Kier alpha value is -4.63. The number of alkyl carbamates (subject to hydrolysis) is 1. The summed E-state index contributed by atoms with van der Waals surface area (Å²) >= 11 is 0. The Bertz CT molecular complexity index is 1450. The van der Waals surface area contributed by atoms with Crippen LogP contribution < -0.4 is 21.7 Å². The van der Waals surface area contributed by atoms with E-state index in [0.717, 1.165) is 27.5 Å². The molecule has 9 nitrogen and oxygen atoms in total. The number of para-hydroxylation sites is 1.